The SMILES string of the molecule is CCCCCCCCCCCCOC(=O)[C@H](C)[N+](=O)[O-]. The first-order valence-corrected chi connectivity index (χ1v) is 7.89. The molecule has 0 saturated heterocycles. The first kappa shape index (κ1) is 18.9. The normalized spacial score (nSPS) is 12.1. The molecule has 0 saturated carbocycles. The Balaban J connectivity index is 3.24. The van der Waals surface area contributed by atoms with Crippen molar-refractivity contribution in [2.75, 3.05) is 6.61 Å². The van der Waals surface area contributed by atoms with E-state index in [-0.39, 0.29) is 0 Å². The Morgan fingerprint density at radius 3 is 1.90 bits per heavy atom. The van der Waals surface area contributed by atoms with Gasteiger partial charge in [0.15, 0.2) is 0 Å². The van der Waals surface area contributed by atoms with Crippen LogP contribution in [0.4, 0.5) is 0 Å². The third kappa shape index (κ3) is 10.8. The van der Waals surface area contributed by atoms with Gasteiger partial charge >= 0.3 is 12.0 Å². The number of nitro groups is 1. The van der Waals surface area contributed by atoms with Crippen LogP contribution in [0.3, 0.4) is 0 Å². The molecule has 5 nitrogen and oxygen atoms in total. The third-order valence-electron chi connectivity index (χ3n) is 3.40. The molecule has 118 valence electrons. The second-order valence-corrected chi connectivity index (χ2v) is 5.31. The highest BCUT2D eigenvalue weighted by Crippen LogP contribution is 2.10. The van der Waals surface area contributed by atoms with Crippen LogP contribution in [-0.2, 0) is 9.53 Å². The van der Waals surface area contributed by atoms with E-state index in [1.54, 1.807) is 0 Å². The number of nitrogens with zero attached hydrogens (tertiary/aromatic N) is 1. The van der Waals surface area contributed by atoms with Crippen LogP contribution < -0.4 is 0 Å². The highest BCUT2D eigenvalue weighted by Gasteiger charge is 2.24. The fourth-order valence-electron chi connectivity index (χ4n) is 1.97. The van der Waals surface area contributed by atoms with Gasteiger partial charge in [-0.25, -0.2) is 4.79 Å². The van der Waals surface area contributed by atoms with Crippen molar-refractivity contribution in [1.29, 1.82) is 0 Å². The number of hydrogen-bond acceptors (Lipinski definition) is 4. The van der Waals surface area contributed by atoms with Crippen LogP contribution in [0.2, 0.25) is 0 Å². The minimum atomic E-state index is -1.25. The van der Waals surface area contributed by atoms with Crippen LogP contribution in [-0.4, -0.2) is 23.5 Å². The Kier molecular flexibility index (Phi) is 12.2. The molecular formula is C15H29NO4. The van der Waals surface area contributed by atoms with Crippen LogP contribution >= 0.6 is 0 Å². The van der Waals surface area contributed by atoms with Crippen molar-refractivity contribution in [2.45, 2.75) is 84.1 Å². The lowest BCUT2D eigenvalue weighted by Gasteiger charge is -2.06. The molecular weight excluding hydrogens is 258 g/mol. The van der Waals surface area contributed by atoms with Crippen molar-refractivity contribution in [3.63, 3.8) is 0 Å². The predicted molar refractivity (Wildman–Crippen MR) is 79.3 cm³/mol. The van der Waals surface area contributed by atoms with E-state index < -0.39 is 16.9 Å². The molecule has 0 rings (SSSR count). The summed E-state index contributed by atoms with van der Waals surface area (Å²) >= 11 is 0. The van der Waals surface area contributed by atoms with Gasteiger partial charge in [0.1, 0.15) is 0 Å². The molecule has 0 aromatic rings. The molecule has 0 aromatic carbocycles. The highest BCUT2D eigenvalue weighted by atomic mass is 16.6. The fraction of sp³-hybridized carbons (Fsp3) is 0.933. The van der Waals surface area contributed by atoms with E-state index in [9.17, 15) is 14.9 Å². The van der Waals surface area contributed by atoms with Gasteiger partial charge in [-0.15, -0.1) is 0 Å². The molecule has 0 aromatic heterocycles. The zero-order valence-electron chi connectivity index (χ0n) is 12.9. The smallest absolute Gasteiger partial charge is 0.381 e. The summed E-state index contributed by atoms with van der Waals surface area (Å²) in [5.41, 5.74) is 0. The lowest BCUT2D eigenvalue weighted by atomic mass is 10.1. The maximum atomic E-state index is 11.2. The van der Waals surface area contributed by atoms with Crippen molar-refractivity contribution in [3.8, 4) is 0 Å². The number of rotatable bonds is 13. The molecule has 5 heteroatoms. The lowest BCUT2D eigenvalue weighted by Crippen LogP contribution is -2.28. The first-order chi connectivity index (χ1) is 9.59. The van der Waals surface area contributed by atoms with Crippen molar-refractivity contribution in [1.82, 2.24) is 0 Å². The second-order valence-electron chi connectivity index (χ2n) is 5.31. The quantitative estimate of drug-likeness (QED) is 0.221. The summed E-state index contributed by atoms with van der Waals surface area (Å²) in [4.78, 5) is 20.9. The summed E-state index contributed by atoms with van der Waals surface area (Å²) < 4.78 is 4.86. The zero-order valence-corrected chi connectivity index (χ0v) is 12.9. The summed E-state index contributed by atoms with van der Waals surface area (Å²) in [7, 11) is 0. The molecule has 0 heterocycles. The van der Waals surface area contributed by atoms with E-state index in [0.29, 0.717) is 6.61 Å². The summed E-state index contributed by atoms with van der Waals surface area (Å²) in [6.45, 7) is 3.77. The van der Waals surface area contributed by atoms with Crippen LogP contribution in [0.5, 0.6) is 0 Å². The molecule has 0 unspecified atom stereocenters. The summed E-state index contributed by atoms with van der Waals surface area (Å²) in [5, 5.41) is 10.3. The number of carbonyl (C=O) groups excluding carboxylic acids is 1. The molecule has 0 aliphatic heterocycles. The van der Waals surface area contributed by atoms with Crippen LogP contribution in [0.15, 0.2) is 0 Å². The minimum absolute atomic E-state index is 0.299. The monoisotopic (exact) mass is 287 g/mol. The van der Waals surface area contributed by atoms with Gasteiger partial charge in [0.2, 0.25) is 0 Å². The van der Waals surface area contributed by atoms with Crippen molar-refractivity contribution in [3.05, 3.63) is 10.1 Å². The van der Waals surface area contributed by atoms with Crippen LogP contribution in [0.25, 0.3) is 0 Å². The van der Waals surface area contributed by atoms with E-state index in [0.717, 1.165) is 19.3 Å². The van der Waals surface area contributed by atoms with Gasteiger partial charge in [0.05, 0.1) is 6.61 Å². The molecule has 0 aliphatic carbocycles. The molecule has 0 aliphatic rings. The molecule has 0 bridgehead atoms. The number of ether oxygens (including phenoxy) is 1. The Labute approximate surface area is 122 Å². The van der Waals surface area contributed by atoms with Crippen molar-refractivity contribution in [2.24, 2.45) is 0 Å². The number of esters is 1. The average Bonchev–Trinajstić information content (AvgIpc) is 2.43. The molecule has 0 spiro atoms. The zero-order chi connectivity index (χ0) is 15.2. The second kappa shape index (κ2) is 12.9. The first-order valence-electron chi connectivity index (χ1n) is 7.89. The van der Waals surface area contributed by atoms with Gasteiger partial charge in [-0.3, -0.25) is 10.1 Å². The third-order valence-corrected chi connectivity index (χ3v) is 3.40. The predicted octanol–water partition coefficient (Wildman–Crippen LogP) is 4.12. The molecule has 20 heavy (non-hydrogen) atoms. The standard InChI is InChI=1S/C15H29NO4/c1-3-4-5-6-7-8-9-10-11-12-13-20-15(17)14(2)16(18)19/h14H,3-13H2,1-2H3/t14-/m0/s1. The van der Waals surface area contributed by atoms with E-state index >= 15 is 0 Å². The maximum absolute atomic E-state index is 11.2. The van der Waals surface area contributed by atoms with E-state index in [2.05, 4.69) is 6.92 Å². The van der Waals surface area contributed by atoms with Gasteiger partial charge in [-0.1, -0.05) is 64.7 Å². The van der Waals surface area contributed by atoms with Gasteiger partial charge in [-0.05, 0) is 6.42 Å². The number of carbonyl (C=O) groups is 1. The lowest BCUT2D eigenvalue weighted by molar-refractivity contribution is -0.506. The number of unbranched alkanes of at least 4 members (excludes halogenated alkanes) is 9. The Hall–Kier alpha value is -1.13. The minimum Gasteiger partial charge on any atom is -0.461 e. The van der Waals surface area contributed by atoms with E-state index in [1.807, 2.05) is 0 Å². The number of hydrogen-bond donors (Lipinski definition) is 0. The average molecular weight is 287 g/mol. The topological polar surface area (TPSA) is 69.4 Å². The Bertz CT molecular complexity index is 269. The van der Waals surface area contributed by atoms with E-state index in [4.69, 9.17) is 4.74 Å². The largest absolute Gasteiger partial charge is 0.461 e. The van der Waals surface area contributed by atoms with Crippen molar-refractivity contribution >= 4 is 5.97 Å². The molecule has 0 radical (unpaired) electrons. The van der Waals surface area contributed by atoms with Crippen LogP contribution in [0.1, 0.15) is 78.1 Å². The van der Waals surface area contributed by atoms with Gasteiger partial charge in [0.25, 0.3) is 0 Å². The molecule has 0 fully saturated rings. The molecule has 0 amide bonds. The molecule has 1 atom stereocenters. The Morgan fingerprint density at radius 1 is 1.00 bits per heavy atom. The van der Waals surface area contributed by atoms with E-state index in [1.165, 1.54) is 51.9 Å². The summed E-state index contributed by atoms with van der Waals surface area (Å²) in [6.07, 6.45) is 12.1. The highest BCUT2D eigenvalue weighted by molar-refractivity contribution is 5.73. The van der Waals surface area contributed by atoms with Crippen molar-refractivity contribution < 1.29 is 14.5 Å². The van der Waals surface area contributed by atoms with Gasteiger partial charge in [-0.2, -0.15) is 0 Å². The maximum Gasteiger partial charge on any atom is 0.381 e. The fourth-order valence-corrected chi connectivity index (χ4v) is 1.97. The van der Waals surface area contributed by atoms with Crippen LogP contribution in [0, 0.1) is 10.1 Å². The summed E-state index contributed by atoms with van der Waals surface area (Å²) in [6, 6.07) is -1.25. The van der Waals surface area contributed by atoms with Gasteiger partial charge in [0, 0.05) is 11.8 Å². The van der Waals surface area contributed by atoms with Gasteiger partial charge < -0.3 is 4.74 Å². The Morgan fingerprint density at radius 2 is 1.45 bits per heavy atom. The molecule has 0 N–H and O–H groups in total. The summed E-state index contributed by atoms with van der Waals surface area (Å²) in [5.74, 6) is -0.731.